The molecule has 1 fully saturated rings. The summed E-state index contributed by atoms with van der Waals surface area (Å²) in [6, 6.07) is 0.833. The van der Waals surface area contributed by atoms with E-state index in [2.05, 4.69) is 0 Å². The maximum atomic E-state index is 10.6. The fraction of sp³-hybridized carbons (Fsp3) is 1.00. The van der Waals surface area contributed by atoms with Crippen LogP contribution in [-0.2, 0) is 27.5 Å². The Balaban J connectivity index is 2.33. The van der Waals surface area contributed by atoms with E-state index in [0.717, 1.165) is 25.3 Å². The van der Waals surface area contributed by atoms with Crippen LogP contribution in [-0.4, -0.2) is 73.1 Å². The lowest BCUT2D eigenvalue weighted by Gasteiger charge is -2.37. The fourth-order valence-electron chi connectivity index (χ4n) is 3.48. The van der Waals surface area contributed by atoms with Gasteiger partial charge < -0.3 is 32.6 Å². The number of ether oxygens (including phenoxy) is 3. The lowest BCUT2D eigenvalue weighted by molar-refractivity contribution is -0.230. The molecule has 0 unspecified atom stereocenters. The van der Waals surface area contributed by atoms with Crippen molar-refractivity contribution >= 4 is 8.80 Å². The summed E-state index contributed by atoms with van der Waals surface area (Å²) >= 11 is 0. The molecular weight excluding hydrogens is 368 g/mol. The number of hydrogen-bond donors (Lipinski definition) is 1. The van der Waals surface area contributed by atoms with Crippen molar-refractivity contribution < 1.29 is 32.6 Å². The van der Waals surface area contributed by atoms with Gasteiger partial charge in [0.05, 0.1) is 26.4 Å². The average Bonchev–Trinajstić information content (AvgIpc) is 2.65. The molecule has 1 aliphatic rings. The zero-order chi connectivity index (χ0) is 20.0. The van der Waals surface area contributed by atoms with Crippen LogP contribution in [0.5, 0.6) is 0 Å². The standard InChI is InChI=1S/C19H40O7Si/c1-5-24-27(25-6-2,26-7-3)17-10-18-8-11-19(20,12-9-18)23-16-15-22-14-13-21-4/h18,20H,5-17H2,1-4H3. The van der Waals surface area contributed by atoms with Crippen LogP contribution in [0.4, 0.5) is 0 Å². The van der Waals surface area contributed by atoms with E-state index in [0.29, 0.717) is 65.0 Å². The number of aliphatic hydroxyl groups is 1. The minimum Gasteiger partial charge on any atom is -0.382 e. The molecule has 0 aromatic carbocycles. The predicted octanol–water partition coefficient (Wildman–Crippen LogP) is 2.98. The molecule has 8 heteroatoms. The molecule has 0 aromatic heterocycles. The second kappa shape index (κ2) is 14.0. The number of hydrogen-bond acceptors (Lipinski definition) is 7. The van der Waals surface area contributed by atoms with Crippen molar-refractivity contribution in [3.63, 3.8) is 0 Å². The smallest absolute Gasteiger partial charge is 0.382 e. The second-order valence-electron chi connectivity index (χ2n) is 6.86. The van der Waals surface area contributed by atoms with Gasteiger partial charge in [-0.3, -0.25) is 0 Å². The van der Waals surface area contributed by atoms with Gasteiger partial charge in [0.25, 0.3) is 0 Å². The van der Waals surface area contributed by atoms with E-state index in [9.17, 15) is 5.11 Å². The van der Waals surface area contributed by atoms with Gasteiger partial charge in [-0.2, -0.15) is 0 Å². The third-order valence-electron chi connectivity index (χ3n) is 4.87. The molecule has 1 rings (SSSR count). The van der Waals surface area contributed by atoms with Gasteiger partial charge in [-0.1, -0.05) is 0 Å². The van der Waals surface area contributed by atoms with E-state index in [1.807, 2.05) is 20.8 Å². The van der Waals surface area contributed by atoms with Crippen LogP contribution in [0, 0.1) is 5.92 Å². The largest absolute Gasteiger partial charge is 0.500 e. The van der Waals surface area contributed by atoms with Crippen LogP contribution in [0.3, 0.4) is 0 Å². The van der Waals surface area contributed by atoms with Crippen molar-refractivity contribution in [2.75, 3.05) is 53.4 Å². The van der Waals surface area contributed by atoms with Crippen molar-refractivity contribution in [2.45, 2.75) is 64.7 Å². The van der Waals surface area contributed by atoms with Gasteiger partial charge in [0.2, 0.25) is 0 Å². The van der Waals surface area contributed by atoms with Crippen LogP contribution in [0.25, 0.3) is 0 Å². The summed E-state index contributed by atoms with van der Waals surface area (Å²) < 4.78 is 33.8. The van der Waals surface area contributed by atoms with Gasteiger partial charge in [-0.15, -0.1) is 0 Å². The first-order valence-corrected chi connectivity index (χ1v) is 12.3. The van der Waals surface area contributed by atoms with Gasteiger partial charge in [-0.05, 0) is 46.0 Å². The van der Waals surface area contributed by atoms with E-state index in [4.69, 9.17) is 27.5 Å². The van der Waals surface area contributed by atoms with Crippen molar-refractivity contribution in [2.24, 2.45) is 5.92 Å². The third kappa shape index (κ3) is 9.80. The summed E-state index contributed by atoms with van der Waals surface area (Å²) in [7, 11) is -0.929. The quantitative estimate of drug-likeness (QED) is 0.239. The summed E-state index contributed by atoms with van der Waals surface area (Å²) in [4.78, 5) is 0. The van der Waals surface area contributed by atoms with E-state index in [1.165, 1.54) is 0 Å². The first kappa shape index (κ1) is 25.0. The van der Waals surface area contributed by atoms with Crippen molar-refractivity contribution in [1.82, 2.24) is 0 Å². The first-order chi connectivity index (χ1) is 13.0. The maximum Gasteiger partial charge on any atom is 0.500 e. The Morgan fingerprint density at radius 3 is 1.96 bits per heavy atom. The maximum absolute atomic E-state index is 10.6. The fourth-order valence-corrected chi connectivity index (χ4v) is 6.24. The minimum absolute atomic E-state index is 0.403. The summed E-state index contributed by atoms with van der Waals surface area (Å²) in [6.45, 7) is 9.77. The van der Waals surface area contributed by atoms with Crippen molar-refractivity contribution in [3.8, 4) is 0 Å². The molecule has 0 atom stereocenters. The molecule has 1 aliphatic carbocycles. The average molecular weight is 409 g/mol. The highest BCUT2D eigenvalue weighted by molar-refractivity contribution is 6.60. The van der Waals surface area contributed by atoms with E-state index >= 15 is 0 Å². The molecule has 0 amide bonds. The Morgan fingerprint density at radius 1 is 0.889 bits per heavy atom. The molecule has 27 heavy (non-hydrogen) atoms. The normalized spacial score (nSPS) is 23.7. The third-order valence-corrected chi connectivity index (χ3v) is 7.95. The van der Waals surface area contributed by atoms with Gasteiger partial charge >= 0.3 is 8.80 Å². The lowest BCUT2D eigenvalue weighted by Crippen LogP contribution is -2.46. The molecule has 0 aliphatic heterocycles. The summed E-state index contributed by atoms with van der Waals surface area (Å²) in [5, 5.41) is 10.6. The summed E-state index contributed by atoms with van der Waals surface area (Å²) in [5.74, 6) is -0.477. The molecule has 0 radical (unpaired) electrons. The molecule has 1 saturated carbocycles. The Morgan fingerprint density at radius 2 is 1.44 bits per heavy atom. The minimum atomic E-state index is -2.57. The Bertz CT molecular complexity index is 345. The van der Waals surface area contributed by atoms with E-state index in [1.54, 1.807) is 7.11 Å². The van der Waals surface area contributed by atoms with Gasteiger partial charge in [0.15, 0.2) is 5.79 Å². The summed E-state index contributed by atoms with van der Waals surface area (Å²) in [6.07, 6.45) is 4.19. The first-order valence-electron chi connectivity index (χ1n) is 10.4. The molecule has 0 saturated heterocycles. The van der Waals surface area contributed by atoms with Crippen LogP contribution >= 0.6 is 0 Å². The molecule has 0 heterocycles. The van der Waals surface area contributed by atoms with Crippen LogP contribution in [0.15, 0.2) is 0 Å². The SMILES string of the molecule is CCO[Si](CCC1CCC(O)(OCCOCCOC)CC1)(OCC)OCC. The molecule has 0 bridgehead atoms. The topological polar surface area (TPSA) is 75.6 Å². The Labute approximate surface area is 166 Å². The monoisotopic (exact) mass is 408 g/mol. The molecule has 162 valence electrons. The van der Waals surface area contributed by atoms with Crippen LogP contribution in [0.2, 0.25) is 6.04 Å². The highest BCUT2D eigenvalue weighted by atomic mass is 28.4. The van der Waals surface area contributed by atoms with Crippen LogP contribution < -0.4 is 0 Å². The Hall–Kier alpha value is -0.0631. The van der Waals surface area contributed by atoms with Crippen molar-refractivity contribution in [1.29, 1.82) is 0 Å². The lowest BCUT2D eigenvalue weighted by atomic mass is 9.84. The molecule has 0 aromatic rings. The number of methoxy groups -OCH3 is 1. The second-order valence-corrected chi connectivity index (χ2v) is 9.60. The Kier molecular flexibility index (Phi) is 13.0. The van der Waals surface area contributed by atoms with Crippen molar-refractivity contribution in [3.05, 3.63) is 0 Å². The molecule has 1 N–H and O–H groups in total. The van der Waals surface area contributed by atoms with Gasteiger partial charge in [0.1, 0.15) is 0 Å². The molecule has 0 spiro atoms. The number of rotatable bonds is 16. The van der Waals surface area contributed by atoms with E-state index < -0.39 is 14.6 Å². The molecular formula is C19H40O7Si. The predicted molar refractivity (Wildman–Crippen MR) is 106 cm³/mol. The highest BCUT2D eigenvalue weighted by Gasteiger charge is 2.42. The zero-order valence-corrected chi connectivity index (χ0v) is 18.7. The molecule has 7 nitrogen and oxygen atoms in total. The van der Waals surface area contributed by atoms with E-state index in [-0.39, 0.29) is 0 Å². The van der Waals surface area contributed by atoms with Crippen LogP contribution in [0.1, 0.15) is 52.9 Å². The van der Waals surface area contributed by atoms with Gasteiger partial charge in [-0.25, -0.2) is 0 Å². The summed E-state index contributed by atoms with van der Waals surface area (Å²) in [5.41, 5.74) is 0. The van der Waals surface area contributed by atoms with Gasteiger partial charge in [0, 0.05) is 45.8 Å². The zero-order valence-electron chi connectivity index (χ0n) is 17.7. The highest BCUT2D eigenvalue weighted by Crippen LogP contribution is 2.36.